The van der Waals surface area contributed by atoms with Gasteiger partial charge in [-0.25, -0.2) is 0 Å². The Balaban J connectivity index is 5.01. The van der Waals surface area contributed by atoms with Crippen LogP contribution in [0.5, 0.6) is 0 Å². The standard InChI is InChI=1S/C12H17N3O2/c1-3-9(12(15)17)7-11(14)8(2)6-10(16)4-5-13/h3-7,16H,2,13-14H2,1H3,(H2,15,17)/b5-4-,9-3+,10-6+,11-7-. The van der Waals surface area contributed by atoms with E-state index in [9.17, 15) is 9.90 Å². The van der Waals surface area contributed by atoms with Gasteiger partial charge in [0, 0.05) is 11.3 Å². The van der Waals surface area contributed by atoms with E-state index in [1.54, 1.807) is 6.92 Å². The first-order valence-electron chi connectivity index (χ1n) is 4.83. The zero-order valence-electron chi connectivity index (χ0n) is 9.68. The Morgan fingerprint density at radius 1 is 1.29 bits per heavy atom. The Bertz CT molecular complexity index is 429. The average Bonchev–Trinajstić information content (AvgIpc) is 2.25. The van der Waals surface area contributed by atoms with Crippen LogP contribution < -0.4 is 17.2 Å². The van der Waals surface area contributed by atoms with Crippen molar-refractivity contribution in [2.75, 3.05) is 0 Å². The first kappa shape index (κ1) is 14.6. The van der Waals surface area contributed by atoms with Crippen LogP contribution in [0, 0.1) is 0 Å². The van der Waals surface area contributed by atoms with Crippen molar-refractivity contribution >= 4 is 5.91 Å². The Hall–Kier alpha value is -2.43. The molecule has 0 aliphatic heterocycles. The number of primary amides is 1. The highest BCUT2D eigenvalue weighted by atomic mass is 16.3. The zero-order chi connectivity index (χ0) is 13.4. The van der Waals surface area contributed by atoms with Crippen molar-refractivity contribution in [2.24, 2.45) is 17.2 Å². The lowest BCUT2D eigenvalue weighted by Gasteiger charge is -2.02. The van der Waals surface area contributed by atoms with Gasteiger partial charge in [-0.2, -0.15) is 0 Å². The number of carbonyl (C=O) groups is 1. The van der Waals surface area contributed by atoms with E-state index in [0.717, 1.165) is 0 Å². The predicted molar refractivity (Wildman–Crippen MR) is 68.4 cm³/mol. The molecule has 0 radical (unpaired) electrons. The highest BCUT2D eigenvalue weighted by Gasteiger charge is 2.02. The van der Waals surface area contributed by atoms with Crippen LogP contribution in [0.3, 0.4) is 0 Å². The number of hydrogen-bond acceptors (Lipinski definition) is 4. The molecular formula is C12H17N3O2. The normalized spacial score (nSPS) is 14.1. The van der Waals surface area contributed by atoms with Gasteiger partial charge in [0.2, 0.25) is 5.91 Å². The maximum atomic E-state index is 10.9. The smallest absolute Gasteiger partial charge is 0.248 e. The molecule has 17 heavy (non-hydrogen) atoms. The van der Waals surface area contributed by atoms with E-state index >= 15 is 0 Å². The van der Waals surface area contributed by atoms with E-state index in [1.165, 1.54) is 30.5 Å². The summed E-state index contributed by atoms with van der Waals surface area (Å²) in [6.45, 7) is 5.30. The van der Waals surface area contributed by atoms with Gasteiger partial charge in [-0.15, -0.1) is 0 Å². The van der Waals surface area contributed by atoms with Gasteiger partial charge in [0.05, 0.1) is 0 Å². The van der Waals surface area contributed by atoms with Gasteiger partial charge in [-0.3, -0.25) is 4.79 Å². The maximum Gasteiger partial charge on any atom is 0.248 e. The molecule has 0 aliphatic carbocycles. The van der Waals surface area contributed by atoms with E-state index in [-0.39, 0.29) is 17.0 Å². The minimum Gasteiger partial charge on any atom is -0.508 e. The van der Waals surface area contributed by atoms with E-state index in [2.05, 4.69) is 6.58 Å². The molecule has 0 fully saturated rings. The number of carbonyl (C=O) groups excluding carboxylic acids is 1. The molecule has 0 rings (SSSR count). The van der Waals surface area contributed by atoms with E-state index in [4.69, 9.17) is 17.2 Å². The van der Waals surface area contributed by atoms with Crippen LogP contribution in [0.25, 0.3) is 0 Å². The van der Waals surface area contributed by atoms with Crippen LogP contribution in [-0.2, 0) is 4.79 Å². The van der Waals surface area contributed by atoms with E-state index in [1.807, 2.05) is 0 Å². The molecule has 0 aliphatic rings. The largest absolute Gasteiger partial charge is 0.508 e. The van der Waals surface area contributed by atoms with Gasteiger partial charge < -0.3 is 22.3 Å². The number of aliphatic hydroxyl groups excluding tert-OH is 1. The second kappa shape index (κ2) is 6.95. The van der Waals surface area contributed by atoms with Gasteiger partial charge in [0.1, 0.15) is 5.76 Å². The Kier molecular flexibility index (Phi) is 5.95. The molecule has 7 N–H and O–H groups in total. The number of amides is 1. The second-order valence-corrected chi connectivity index (χ2v) is 3.16. The van der Waals surface area contributed by atoms with Gasteiger partial charge in [0.25, 0.3) is 0 Å². The summed E-state index contributed by atoms with van der Waals surface area (Å²) < 4.78 is 0. The summed E-state index contributed by atoms with van der Waals surface area (Å²) in [5.74, 6) is -0.673. The second-order valence-electron chi connectivity index (χ2n) is 3.16. The van der Waals surface area contributed by atoms with Crippen molar-refractivity contribution in [3.8, 4) is 0 Å². The highest BCUT2D eigenvalue weighted by Crippen LogP contribution is 2.09. The van der Waals surface area contributed by atoms with Crippen molar-refractivity contribution < 1.29 is 9.90 Å². The van der Waals surface area contributed by atoms with E-state index in [0.29, 0.717) is 5.57 Å². The molecule has 0 unspecified atom stereocenters. The van der Waals surface area contributed by atoms with Gasteiger partial charge in [-0.05, 0) is 36.9 Å². The molecule has 0 heterocycles. The number of nitrogens with two attached hydrogens (primary N) is 3. The van der Waals surface area contributed by atoms with Crippen LogP contribution in [0.4, 0.5) is 0 Å². The molecule has 5 heteroatoms. The van der Waals surface area contributed by atoms with Gasteiger partial charge in [-0.1, -0.05) is 12.7 Å². The van der Waals surface area contributed by atoms with Crippen molar-refractivity contribution in [1.82, 2.24) is 0 Å². The summed E-state index contributed by atoms with van der Waals surface area (Å²) in [6, 6.07) is 0. The fourth-order valence-corrected chi connectivity index (χ4v) is 0.965. The van der Waals surface area contributed by atoms with E-state index < -0.39 is 5.91 Å². The van der Waals surface area contributed by atoms with Crippen LogP contribution in [0.2, 0.25) is 0 Å². The van der Waals surface area contributed by atoms with Crippen LogP contribution >= 0.6 is 0 Å². The average molecular weight is 235 g/mol. The lowest BCUT2D eigenvalue weighted by atomic mass is 10.1. The van der Waals surface area contributed by atoms with Crippen molar-refractivity contribution in [2.45, 2.75) is 6.92 Å². The molecule has 1 amide bonds. The summed E-state index contributed by atoms with van der Waals surface area (Å²) >= 11 is 0. The minimum atomic E-state index is -0.585. The molecule has 0 saturated carbocycles. The Labute approximate surface area is 100 Å². The summed E-state index contributed by atoms with van der Waals surface area (Å²) in [7, 11) is 0. The van der Waals surface area contributed by atoms with Crippen molar-refractivity contribution in [3.63, 3.8) is 0 Å². The van der Waals surface area contributed by atoms with Gasteiger partial charge in [0.15, 0.2) is 0 Å². The molecule has 0 bridgehead atoms. The summed E-state index contributed by atoms with van der Waals surface area (Å²) in [6.07, 6.45) is 6.71. The van der Waals surface area contributed by atoms with Crippen molar-refractivity contribution in [3.05, 3.63) is 59.7 Å². The minimum absolute atomic E-state index is 0.0880. The first-order valence-corrected chi connectivity index (χ1v) is 4.83. The highest BCUT2D eigenvalue weighted by molar-refractivity contribution is 5.95. The fourth-order valence-electron chi connectivity index (χ4n) is 0.965. The van der Waals surface area contributed by atoms with Gasteiger partial charge >= 0.3 is 0 Å². The summed E-state index contributed by atoms with van der Waals surface area (Å²) in [4.78, 5) is 10.9. The quantitative estimate of drug-likeness (QED) is 0.319. The molecule has 0 saturated heterocycles. The first-order chi connectivity index (χ1) is 7.92. The third-order valence-electron chi connectivity index (χ3n) is 1.87. The van der Waals surface area contributed by atoms with Crippen LogP contribution in [0.15, 0.2) is 59.7 Å². The topological polar surface area (TPSA) is 115 Å². The molecule has 0 spiro atoms. The molecule has 92 valence electrons. The third-order valence-corrected chi connectivity index (χ3v) is 1.87. The monoisotopic (exact) mass is 235 g/mol. The number of aliphatic hydroxyl groups is 1. The number of allylic oxidation sites excluding steroid dienone is 3. The third kappa shape index (κ3) is 5.27. The predicted octanol–water partition coefficient (Wildman–Crippen LogP) is 0.731. The molecule has 0 aromatic carbocycles. The summed E-state index contributed by atoms with van der Waals surface area (Å²) in [5.41, 5.74) is 16.7. The Morgan fingerprint density at radius 3 is 2.29 bits per heavy atom. The SMILES string of the molecule is C=C(/C=C(O)\C=C/N)/C(N)=C/C(=C\C)C(N)=O. The molecule has 5 nitrogen and oxygen atoms in total. The van der Waals surface area contributed by atoms with Crippen LogP contribution in [-0.4, -0.2) is 11.0 Å². The maximum absolute atomic E-state index is 10.9. The molecule has 0 atom stereocenters. The van der Waals surface area contributed by atoms with Crippen LogP contribution in [0.1, 0.15) is 6.92 Å². The molecule has 0 aromatic heterocycles. The lowest BCUT2D eigenvalue weighted by molar-refractivity contribution is -0.114. The number of hydrogen-bond donors (Lipinski definition) is 4. The lowest BCUT2D eigenvalue weighted by Crippen LogP contribution is -2.14. The Morgan fingerprint density at radius 2 is 1.88 bits per heavy atom. The molecular weight excluding hydrogens is 218 g/mol. The number of rotatable bonds is 5. The summed E-state index contributed by atoms with van der Waals surface area (Å²) in [5, 5.41) is 9.31. The van der Waals surface area contributed by atoms with Crippen molar-refractivity contribution in [1.29, 1.82) is 0 Å². The molecule has 0 aromatic rings. The fraction of sp³-hybridized carbons (Fsp3) is 0.0833. The zero-order valence-corrected chi connectivity index (χ0v) is 9.68.